The Kier molecular flexibility index (Phi) is 3.50. The molecule has 0 saturated carbocycles. The average molecular weight is 176 g/mol. The van der Waals surface area contributed by atoms with Crippen LogP contribution in [0.15, 0.2) is 40.9 Å². The highest BCUT2D eigenvalue weighted by molar-refractivity contribution is 5.91. The highest BCUT2D eigenvalue weighted by Crippen LogP contribution is 2.19. The molecule has 0 saturated heterocycles. The molecule has 0 aromatic rings. The fraction of sp³-hybridized carbons (Fsp3) is 0.364. The molecule has 0 spiro atoms. The van der Waals surface area contributed by atoms with Crippen LogP contribution in [0.4, 0.5) is 0 Å². The second kappa shape index (κ2) is 4.65. The molecule has 1 aliphatic rings. The molecule has 13 heavy (non-hydrogen) atoms. The van der Waals surface area contributed by atoms with Gasteiger partial charge in [-0.25, -0.2) is 0 Å². The molecule has 2 nitrogen and oxygen atoms in total. The van der Waals surface area contributed by atoms with Crippen LogP contribution in [0.1, 0.15) is 13.3 Å². The summed E-state index contributed by atoms with van der Waals surface area (Å²) in [4.78, 5) is 3.90. The fourth-order valence-electron chi connectivity index (χ4n) is 1.32. The Bertz CT molecular complexity index is 282. The third kappa shape index (κ3) is 2.90. The van der Waals surface area contributed by atoms with Gasteiger partial charge in [0, 0.05) is 13.0 Å². The predicted molar refractivity (Wildman–Crippen MR) is 57.7 cm³/mol. The lowest BCUT2D eigenvalue weighted by atomic mass is 9.93. The maximum atomic E-state index is 5.61. The molecule has 0 amide bonds. The van der Waals surface area contributed by atoms with Crippen molar-refractivity contribution < 1.29 is 0 Å². The zero-order chi connectivity index (χ0) is 9.68. The average Bonchev–Trinajstić information content (AvgIpc) is 2.19. The first kappa shape index (κ1) is 9.78. The van der Waals surface area contributed by atoms with Gasteiger partial charge in [-0.2, -0.15) is 0 Å². The Labute approximate surface area is 79.5 Å². The minimum atomic E-state index is 0.491. The van der Waals surface area contributed by atoms with Crippen molar-refractivity contribution in [1.29, 1.82) is 0 Å². The topological polar surface area (TPSA) is 38.4 Å². The van der Waals surface area contributed by atoms with E-state index in [1.165, 1.54) is 5.57 Å². The summed E-state index contributed by atoms with van der Waals surface area (Å²) in [7, 11) is 1.70. The molecule has 1 unspecified atom stereocenters. The Morgan fingerprint density at radius 1 is 1.54 bits per heavy atom. The van der Waals surface area contributed by atoms with Gasteiger partial charge < -0.3 is 5.73 Å². The summed E-state index contributed by atoms with van der Waals surface area (Å²) >= 11 is 0. The van der Waals surface area contributed by atoms with Crippen molar-refractivity contribution in [3.05, 3.63) is 36.0 Å². The summed E-state index contributed by atoms with van der Waals surface area (Å²) in [5.74, 6) is 1.09. The summed E-state index contributed by atoms with van der Waals surface area (Å²) in [6.45, 7) is 2.09. The van der Waals surface area contributed by atoms with Crippen LogP contribution in [-0.2, 0) is 0 Å². The number of hydrogen-bond acceptors (Lipinski definition) is 1. The summed E-state index contributed by atoms with van der Waals surface area (Å²) in [6, 6.07) is 0. The smallest absolute Gasteiger partial charge is 0.117 e. The minimum absolute atomic E-state index is 0.491. The van der Waals surface area contributed by atoms with E-state index in [9.17, 15) is 0 Å². The van der Waals surface area contributed by atoms with E-state index in [0.29, 0.717) is 11.8 Å². The number of aliphatic imine (C=N–C) groups is 1. The van der Waals surface area contributed by atoms with E-state index in [1.54, 1.807) is 7.05 Å². The van der Waals surface area contributed by atoms with Gasteiger partial charge in [0.2, 0.25) is 0 Å². The Morgan fingerprint density at radius 3 is 2.85 bits per heavy atom. The number of hydrogen-bond donors (Lipinski definition) is 1. The number of amidine groups is 1. The fourth-order valence-corrected chi connectivity index (χ4v) is 1.32. The lowest BCUT2D eigenvalue weighted by Gasteiger charge is -2.13. The van der Waals surface area contributed by atoms with Crippen molar-refractivity contribution >= 4 is 5.84 Å². The van der Waals surface area contributed by atoms with Gasteiger partial charge >= 0.3 is 0 Å². The number of rotatable bonds is 2. The van der Waals surface area contributed by atoms with Gasteiger partial charge in [-0.3, -0.25) is 4.99 Å². The zero-order valence-corrected chi connectivity index (χ0v) is 8.20. The molecule has 0 aliphatic heterocycles. The first-order valence-corrected chi connectivity index (χ1v) is 4.48. The van der Waals surface area contributed by atoms with Crippen molar-refractivity contribution in [2.24, 2.45) is 16.6 Å². The third-order valence-electron chi connectivity index (χ3n) is 2.20. The molecule has 0 aromatic heterocycles. The normalized spacial score (nSPS) is 23.7. The van der Waals surface area contributed by atoms with Crippen LogP contribution in [-0.4, -0.2) is 12.9 Å². The molecule has 1 aliphatic carbocycles. The van der Waals surface area contributed by atoms with Gasteiger partial charge in [-0.05, 0) is 19.4 Å². The molecule has 0 bridgehead atoms. The van der Waals surface area contributed by atoms with E-state index in [1.807, 2.05) is 6.08 Å². The lowest BCUT2D eigenvalue weighted by molar-refractivity contribution is 0.767. The molecule has 1 rings (SSSR count). The number of nitrogens with two attached hydrogens (primary N) is 1. The van der Waals surface area contributed by atoms with Gasteiger partial charge in [0.15, 0.2) is 0 Å². The van der Waals surface area contributed by atoms with Crippen LogP contribution < -0.4 is 5.73 Å². The molecule has 0 aromatic carbocycles. The molecule has 0 radical (unpaired) electrons. The van der Waals surface area contributed by atoms with E-state index in [-0.39, 0.29) is 0 Å². The predicted octanol–water partition coefficient (Wildman–Crippen LogP) is 2.05. The van der Waals surface area contributed by atoms with Crippen molar-refractivity contribution in [2.45, 2.75) is 13.3 Å². The zero-order valence-electron chi connectivity index (χ0n) is 8.20. The molecular formula is C11H16N2. The van der Waals surface area contributed by atoms with Crippen LogP contribution >= 0.6 is 0 Å². The molecule has 2 N–H and O–H groups in total. The minimum Gasteiger partial charge on any atom is -0.384 e. The Morgan fingerprint density at radius 2 is 2.31 bits per heavy atom. The molecule has 0 fully saturated rings. The van der Waals surface area contributed by atoms with E-state index in [4.69, 9.17) is 5.73 Å². The van der Waals surface area contributed by atoms with Gasteiger partial charge in [-0.15, -0.1) is 0 Å². The van der Waals surface area contributed by atoms with E-state index < -0.39 is 0 Å². The van der Waals surface area contributed by atoms with Crippen LogP contribution in [0.5, 0.6) is 0 Å². The van der Waals surface area contributed by atoms with Crippen molar-refractivity contribution in [3.63, 3.8) is 0 Å². The Balaban J connectivity index is 2.67. The largest absolute Gasteiger partial charge is 0.384 e. The highest BCUT2D eigenvalue weighted by Gasteiger charge is 2.06. The summed E-state index contributed by atoms with van der Waals surface area (Å²) in [6.07, 6.45) is 11.5. The maximum absolute atomic E-state index is 5.61. The quantitative estimate of drug-likeness (QED) is 0.507. The summed E-state index contributed by atoms with van der Waals surface area (Å²) < 4.78 is 0. The number of allylic oxidation sites excluding steroid dienone is 5. The lowest BCUT2D eigenvalue weighted by Crippen LogP contribution is -2.10. The van der Waals surface area contributed by atoms with Gasteiger partial charge in [0.25, 0.3) is 0 Å². The number of nitrogens with zero attached hydrogens (tertiary/aromatic N) is 1. The molecule has 1 atom stereocenters. The van der Waals surface area contributed by atoms with Gasteiger partial charge in [0.1, 0.15) is 5.84 Å². The van der Waals surface area contributed by atoms with E-state index in [2.05, 4.69) is 36.2 Å². The first-order valence-electron chi connectivity index (χ1n) is 4.48. The Hall–Kier alpha value is -1.31. The monoisotopic (exact) mass is 176 g/mol. The molecular weight excluding hydrogens is 160 g/mol. The van der Waals surface area contributed by atoms with Crippen LogP contribution in [0.3, 0.4) is 0 Å². The SMILES string of the molecule is CN=C(N)/C=C(\C)C1C=CC=CC1. The van der Waals surface area contributed by atoms with Gasteiger partial charge in [0.05, 0.1) is 0 Å². The van der Waals surface area contributed by atoms with Crippen molar-refractivity contribution in [2.75, 3.05) is 7.05 Å². The second-order valence-corrected chi connectivity index (χ2v) is 3.19. The first-order chi connectivity index (χ1) is 6.24. The van der Waals surface area contributed by atoms with Crippen molar-refractivity contribution in [1.82, 2.24) is 0 Å². The van der Waals surface area contributed by atoms with Crippen molar-refractivity contribution in [3.8, 4) is 0 Å². The molecule has 2 heteroatoms. The maximum Gasteiger partial charge on any atom is 0.117 e. The standard InChI is InChI=1S/C11H16N2/c1-9(8-11(12)13-2)10-6-4-3-5-7-10/h3-6,8,10H,7H2,1-2H3,(H2,12,13)/b9-8+. The van der Waals surface area contributed by atoms with Gasteiger partial charge in [-0.1, -0.05) is 29.9 Å². The highest BCUT2D eigenvalue weighted by atomic mass is 14.8. The van der Waals surface area contributed by atoms with Crippen LogP contribution in [0.25, 0.3) is 0 Å². The second-order valence-electron chi connectivity index (χ2n) is 3.19. The summed E-state index contributed by atoms with van der Waals surface area (Å²) in [5, 5.41) is 0. The van der Waals surface area contributed by atoms with Crippen LogP contribution in [0.2, 0.25) is 0 Å². The third-order valence-corrected chi connectivity index (χ3v) is 2.20. The van der Waals surface area contributed by atoms with E-state index >= 15 is 0 Å². The van der Waals surface area contributed by atoms with E-state index in [0.717, 1.165) is 6.42 Å². The summed E-state index contributed by atoms with van der Waals surface area (Å²) in [5.41, 5.74) is 6.88. The molecule has 0 heterocycles. The van der Waals surface area contributed by atoms with Crippen LogP contribution in [0, 0.1) is 5.92 Å². The molecule has 70 valence electrons.